The number of anilines is 1. The predicted molar refractivity (Wildman–Crippen MR) is 76.7 cm³/mol. The van der Waals surface area contributed by atoms with Gasteiger partial charge in [-0.3, -0.25) is 0 Å². The van der Waals surface area contributed by atoms with Gasteiger partial charge < -0.3 is 10.6 Å². The molecule has 1 aliphatic heterocycles. The number of aromatic nitrogens is 1. The Morgan fingerprint density at radius 2 is 2.11 bits per heavy atom. The van der Waals surface area contributed by atoms with Gasteiger partial charge in [-0.05, 0) is 49.3 Å². The van der Waals surface area contributed by atoms with E-state index in [0.29, 0.717) is 5.41 Å². The summed E-state index contributed by atoms with van der Waals surface area (Å²) in [6.45, 7) is 8.95. The molecule has 1 saturated heterocycles. The first-order chi connectivity index (χ1) is 8.48. The lowest BCUT2D eigenvalue weighted by molar-refractivity contribution is 0.325. The zero-order valence-corrected chi connectivity index (χ0v) is 11.8. The molecule has 0 aromatic carbocycles. The summed E-state index contributed by atoms with van der Waals surface area (Å²) < 4.78 is 0. The number of hydrogen-bond donors (Lipinski definition) is 1. The van der Waals surface area contributed by atoms with Crippen LogP contribution in [0.1, 0.15) is 51.6 Å². The van der Waals surface area contributed by atoms with Gasteiger partial charge in [-0.2, -0.15) is 0 Å². The van der Waals surface area contributed by atoms with Crippen LogP contribution < -0.4 is 10.6 Å². The minimum atomic E-state index is 0.0789. The second-order valence-electron chi connectivity index (χ2n) is 6.24. The summed E-state index contributed by atoms with van der Waals surface area (Å²) in [5.41, 5.74) is 7.58. The minimum absolute atomic E-state index is 0.0789. The maximum atomic E-state index is 5.94. The molecule has 1 aromatic rings. The summed E-state index contributed by atoms with van der Waals surface area (Å²) in [4.78, 5) is 6.91. The van der Waals surface area contributed by atoms with Crippen LogP contribution >= 0.6 is 0 Å². The summed E-state index contributed by atoms with van der Waals surface area (Å²) in [7, 11) is 0. The van der Waals surface area contributed by atoms with Crippen molar-refractivity contribution in [3.05, 3.63) is 23.9 Å². The van der Waals surface area contributed by atoms with Gasteiger partial charge in [0.05, 0.1) is 0 Å². The fraction of sp³-hybridized carbons (Fsp3) is 0.667. The third-order valence-corrected chi connectivity index (χ3v) is 3.96. The van der Waals surface area contributed by atoms with Crippen LogP contribution in [0.3, 0.4) is 0 Å². The second-order valence-corrected chi connectivity index (χ2v) is 6.24. The average molecular weight is 247 g/mol. The summed E-state index contributed by atoms with van der Waals surface area (Å²) in [5, 5.41) is 0. The van der Waals surface area contributed by atoms with Crippen molar-refractivity contribution < 1.29 is 0 Å². The average Bonchev–Trinajstić information content (AvgIpc) is 2.50. The predicted octanol–water partition coefficient (Wildman–Crippen LogP) is 3.12. The van der Waals surface area contributed by atoms with Crippen LogP contribution in [0.15, 0.2) is 18.3 Å². The molecule has 1 aliphatic rings. The Morgan fingerprint density at radius 1 is 1.33 bits per heavy atom. The zero-order chi connectivity index (χ0) is 13.2. The van der Waals surface area contributed by atoms with E-state index in [0.717, 1.165) is 18.9 Å². The maximum Gasteiger partial charge on any atom is 0.128 e. The fourth-order valence-electron chi connectivity index (χ4n) is 2.54. The van der Waals surface area contributed by atoms with Crippen molar-refractivity contribution in [2.45, 2.75) is 46.1 Å². The SMILES string of the molecule is C[C@@H](N)c1ccnc(N2CCCC(C)(C)CC2)c1. The molecule has 0 radical (unpaired) electrons. The molecule has 1 fully saturated rings. The zero-order valence-electron chi connectivity index (χ0n) is 11.8. The lowest BCUT2D eigenvalue weighted by Gasteiger charge is -2.24. The Morgan fingerprint density at radius 3 is 2.83 bits per heavy atom. The minimum Gasteiger partial charge on any atom is -0.357 e. The normalized spacial score (nSPS) is 21.4. The Labute approximate surface area is 110 Å². The van der Waals surface area contributed by atoms with Crippen molar-refractivity contribution in [1.29, 1.82) is 0 Å². The molecule has 2 heterocycles. The summed E-state index contributed by atoms with van der Waals surface area (Å²) in [6.07, 6.45) is 5.66. The molecule has 0 amide bonds. The van der Waals surface area contributed by atoms with E-state index in [1.165, 1.54) is 24.8 Å². The molecule has 1 aromatic heterocycles. The standard InChI is InChI=1S/C15H25N3/c1-12(16)13-5-8-17-14(11-13)18-9-4-6-15(2,3)7-10-18/h5,8,11-12H,4,6-7,9-10,16H2,1-3H3/t12-/m1/s1. The van der Waals surface area contributed by atoms with Crippen molar-refractivity contribution in [1.82, 2.24) is 4.98 Å². The highest BCUT2D eigenvalue weighted by molar-refractivity contribution is 5.41. The van der Waals surface area contributed by atoms with E-state index in [2.05, 4.69) is 29.8 Å². The van der Waals surface area contributed by atoms with Crippen LogP contribution in [-0.2, 0) is 0 Å². The van der Waals surface area contributed by atoms with Crippen molar-refractivity contribution in [3.8, 4) is 0 Å². The highest BCUT2D eigenvalue weighted by Gasteiger charge is 2.23. The highest BCUT2D eigenvalue weighted by atomic mass is 15.2. The van der Waals surface area contributed by atoms with Gasteiger partial charge in [-0.1, -0.05) is 13.8 Å². The number of nitrogens with two attached hydrogens (primary N) is 1. The molecule has 0 unspecified atom stereocenters. The van der Waals surface area contributed by atoms with Gasteiger partial charge in [0.2, 0.25) is 0 Å². The first-order valence-corrected chi connectivity index (χ1v) is 6.94. The van der Waals surface area contributed by atoms with Crippen LogP contribution in [0.25, 0.3) is 0 Å². The molecule has 2 N–H and O–H groups in total. The fourth-order valence-corrected chi connectivity index (χ4v) is 2.54. The molecule has 3 nitrogen and oxygen atoms in total. The van der Waals surface area contributed by atoms with Crippen molar-refractivity contribution in [3.63, 3.8) is 0 Å². The molecular formula is C15H25N3. The molecule has 0 saturated carbocycles. The Balaban J connectivity index is 2.13. The quantitative estimate of drug-likeness (QED) is 0.873. The molecule has 0 bridgehead atoms. The van der Waals surface area contributed by atoms with Gasteiger partial charge in [0.1, 0.15) is 5.82 Å². The monoisotopic (exact) mass is 247 g/mol. The molecule has 18 heavy (non-hydrogen) atoms. The molecule has 0 spiro atoms. The number of hydrogen-bond acceptors (Lipinski definition) is 3. The van der Waals surface area contributed by atoms with Crippen LogP contribution in [0.5, 0.6) is 0 Å². The van der Waals surface area contributed by atoms with E-state index >= 15 is 0 Å². The second kappa shape index (κ2) is 5.27. The summed E-state index contributed by atoms with van der Waals surface area (Å²) >= 11 is 0. The lowest BCUT2D eigenvalue weighted by Crippen LogP contribution is -2.26. The van der Waals surface area contributed by atoms with Crippen molar-refractivity contribution in [2.24, 2.45) is 11.1 Å². The van der Waals surface area contributed by atoms with Gasteiger partial charge in [0.15, 0.2) is 0 Å². The van der Waals surface area contributed by atoms with Crippen LogP contribution in [0, 0.1) is 5.41 Å². The summed E-state index contributed by atoms with van der Waals surface area (Å²) in [6, 6.07) is 4.23. The van der Waals surface area contributed by atoms with E-state index in [9.17, 15) is 0 Å². The van der Waals surface area contributed by atoms with E-state index in [1.54, 1.807) is 0 Å². The van der Waals surface area contributed by atoms with E-state index < -0.39 is 0 Å². The molecule has 3 heteroatoms. The van der Waals surface area contributed by atoms with Gasteiger partial charge in [-0.15, -0.1) is 0 Å². The highest BCUT2D eigenvalue weighted by Crippen LogP contribution is 2.31. The van der Waals surface area contributed by atoms with Gasteiger partial charge in [-0.25, -0.2) is 4.98 Å². The first kappa shape index (κ1) is 13.3. The number of pyridine rings is 1. The van der Waals surface area contributed by atoms with Crippen molar-refractivity contribution in [2.75, 3.05) is 18.0 Å². The Bertz CT molecular complexity index is 398. The molecule has 1 atom stereocenters. The van der Waals surface area contributed by atoms with Crippen molar-refractivity contribution >= 4 is 5.82 Å². The smallest absolute Gasteiger partial charge is 0.128 e. The lowest BCUT2D eigenvalue weighted by atomic mass is 9.85. The maximum absolute atomic E-state index is 5.94. The molecule has 0 aliphatic carbocycles. The first-order valence-electron chi connectivity index (χ1n) is 6.94. The number of nitrogens with zero attached hydrogens (tertiary/aromatic N) is 2. The largest absolute Gasteiger partial charge is 0.357 e. The molecule has 2 rings (SSSR count). The van der Waals surface area contributed by atoms with Gasteiger partial charge in [0.25, 0.3) is 0 Å². The Kier molecular flexibility index (Phi) is 3.91. The summed E-state index contributed by atoms with van der Waals surface area (Å²) in [5.74, 6) is 1.09. The Hall–Kier alpha value is -1.09. The topological polar surface area (TPSA) is 42.1 Å². The van der Waals surface area contributed by atoms with Crippen LogP contribution in [0.2, 0.25) is 0 Å². The van der Waals surface area contributed by atoms with E-state index in [4.69, 9.17) is 5.73 Å². The third-order valence-electron chi connectivity index (χ3n) is 3.96. The van der Waals surface area contributed by atoms with E-state index in [1.807, 2.05) is 19.2 Å². The molecular weight excluding hydrogens is 222 g/mol. The van der Waals surface area contributed by atoms with Crippen LogP contribution in [-0.4, -0.2) is 18.1 Å². The third kappa shape index (κ3) is 3.22. The van der Waals surface area contributed by atoms with E-state index in [-0.39, 0.29) is 6.04 Å². The molecule has 100 valence electrons. The number of rotatable bonds is 2. The van der Waals surface area contributed by atoms with Gasteiger partial charge >= 0.3 is 0 Å². The van der Waals surface area contributed by atoms with Crippen LogP contribution in [0.4, 0.5) is 5.82 Å². The van der Waals surface area contributed by atoms with Gasteiger partial charge in [0, 0.05) is 25.3 Å².